The molecule has 0 unspecified atom stereocenters. The molecule has 0 radical (unpaired) electrons. The highest BCUT2D eigenvalue weighted by Crippen LogP contribution is 2.19. The minimum Gasteiger partial charge on any atom is -0.338 e. The second-order valence-electron chi connectivity index (χ2n) is 3.74. The van der Waals surface area contributed by atoms with Gasteiger partial charge in [0.15, 0.2) is 0 Å². The summed E-state index contributed by atoms with van der Waals surface area (Å²) in [5.74, 6) is 0.968. The molecule has 0 bridgehead atoms. The van der Waals surface area contributed by atoms with Gasteiger partial charge in [-0.25, -0.2) is 4.98 Å². The first-order valence-electron chi connectivity index (χ1n) is 5.48. The van der Waals surface area contributed by atoms with E-state index in [2.05, 4.69) is 15.1 Å². The first-order chi connectivity index (χ1) is 8.86. The van der Waals surface area contributed by atoms with E-state index in [1.54, 1.807) is 12.5 Å². The van der Waals surface area contributed by atoms with Crippen LogP contribution in [0.25, 0.3) is 17.1 Å². The van der Waals surface area contributed by atoms with Crippen LogP contribution in [0.2, 0.25) is 0 Å². The average molecular weight is 241 g/mol. The maximum atomic E-state index is 5.44. The fraction of sp³-hybridized carbons (Fsp3) is 0.0833. The Balaban J connectivity index is 2.00. The summed E-state index contributed by atoms with van der Waals surface area (Å²) in [7, 11) is 0. The van der Waals surface area contributed by atoms with Crippen LogP contribution in [0, 0.1) is 0 Å². The molecule has 6 heteroatoms. The highest BCUT2D eigenvalue weighted by atomic mass is 16.5. The number of rotatable bonds is 3. The van der Waals surface area contributed by atoms with Crippen molar-refractivity contribution < 1.29 is 4.52 Å². The Kier molecular flexibility index (Phi) is 2.62. The maximum absolute atomic E-state index is 5.44. The van der Waals surface area contributed by atoms with E-state index in [9.17, 15) is 0 Å². The molecule has 0 atom stereocenters. The summed E-state index contributed by atoms with van der Waals surface area (Å²) in [5, 5.41) is 3.89. The van der Waals surface area contributed by atoms with Crippen molar-refractivity contribution in [1.29, 1.82) is 0 Å². The highest BCUT2D eigenvalue weighted by Gasteiger charge is 2.08. The molecule has 90 valence electrons. The molecule has 3 rings (SSSR count). The number of aromatic nitrogens is 4. The normalized spacial score (nSPS) is 10.7. The quantitative estimate of drug-likeness (QED) is 0.749. The van der Waals surface area contributed by atoms with Crippen molar-refractivity contribution in [1.82, 2.24) is 19.7 Å². The highest BCUT2D eigenvalue weighted by molar-refractivity contribution is 5.58. The predicted molar refractivity (Wildman–Crippen MR) is 64.7 cm³/mol. The van der Waals surface area contributed by atoms with Crippen LogP contribution in [0.3, 0.4) is 0 Å². The Hall–Kier alpha value is -2.47. The molecule has 0 aliphatic carbocycles. The van der Waals surface area contributed by atoms with E-state index in [4.69, 9.17) is 10.3 Å². The summed E-state index contributed by atoms with van der Waals surface area (Å²) in [5.41, 5.74) is 7.31. The fourth-order valence-electron chi connectivity index (χ4n) is 1.67. The molecule has 18 heavy (non-hydrogen) atoms. The standard InChI is InChI=1S/C12H11N5O/c13-7-11-15-12(16-18-11)9-2-1-3-10(6-9)17-5-4-14-8-17/h1-6,8H,7,13H2. The molecule has 0 aliphatic rings. The van der Waals surface area contributed by atoms with E-state index >= 15 is 0 Å². The zero-order valence-electron chi connectivity index (χ0n) is 9.52. The van der Waals surface area contributed by atoms with Crippen LogP contribution in [0.5, 0.6) is 0 Å². The molecule has 2 heterocycles. The fourth-order valence-corrected chi connectivity index (χ4v) is 1.67. The van der Waals surface area contributed by atoms with Gasteiger partial charge in [-0.05, 0) is 12.1 Å². The van der Waals surface area contributed by atoms with Gasteiger partial charge >= 0.3 is 0 Å². The molecule has 0 fully saturated rings. The van der Waals surface area contributed by atoms with E-state index in [0.717, 1.165) is 11.3 Å². The molecule has 0 spiro atoms. The van der Waals surface area contributed by atoms with Gasteiger partial charge in [-0.1, -0.05) is 17.3 Å². The van der Waals surface area contributed by atoms with Crippen LogP contribution in [-0.4, -0.2) is 19.7 Å². The molecule has 6 nitrogen and oxygen atoms in total. The predicted octanol–water partition coefficient (Wildman–Crippen LogP) is 1.38. The number of imidazole rings is 1. The number of hydrogen-bond acceptors (Lipinski definition) is 5. The van der Waals surface area contributed by atoms with Crippen LogP contribution < -0.4 is 5.73 Å². The summed E-state index contributed by atoms with van der Waals surface area (Å²) in [6.07, 6.45) is 5.34. The molecule has 0 saturated heterocycles. The molecule has 0 amide bonds. The van der Waals surface area contributed by atoms with Gasteiger partial charge in [0.25, 0.3) is 0 Å². The second kappa shape index (κ2) is 4.42. The number of benzene rings is 1. The zero-order chi connectivity index (χ0) is 12.4. The number of nitrogens with two attached hydrogens (primary N) is 1. The van der Waals surface area contributed by atoms with Crippen LogP contribution in [-0.2, 0) is 6.54 Å². The number of nitrogens with zero attached hydrogens (tertiary/aromatic N) is 4. The Bertz CT molecular complexity index is 644. The summed E-state index contributed by atoms with van der Waals surface area (Å²) in [6, 6.07) is 7.80. The third kappa shape index (κ3) is 1.89. The Morgan fingerprint density at radius 2 is 2.28 bits per heavy atom. The van der Waals surface area contributed by atoms with Gasteiger partial charge in [-0.3, -0.25) is 0 Å². The molecule has 2 N–H and O–H groups in total. The topological polar surface area (TPSA) is 82.8 Å². The van der Waals surface area contributed by atoms with E-state index in [0.29, 0.717) is 11.7 Å². The second-order valence-corrected chi connectivity index (χ2v) is 3.74. The molecular weight excluding hydrogens is 230 g/mol. The Labute approximate surface area is 103 Å². The van der Waals surface area contributed by atoms with E-state index in [1.165, 1.54) is 0 Å². The van der Waals surface area contributed by atoms with Crippen LogP contribution in [0.15, 0.2) is 47.5 Å². The van der Waals surface area contributed by atoms with Gasteiger partial charge in [0, 0.05) is 23.6 Å². The Morgan fingerprint density at radius 1 is 1.33 bits per heavy atom. The summed E-state index contributed by atoms with van der Waals surface area (Å²) < 4.78 is 6.90. The van der Waals surface area contributed by atoms with Crippen LogP contribution in [0.4, 0.5) is 0 Å². The molecule has 2 aromatic heterocycles. The average Bonchev–Trinajstić information content (AvgIpc) is 3.10. The van der Waals surface area contributed by atoms with Gasteiger partial charge in [0.05, 0.1) is 12.9 Å². The van der Waals surface area contributed by atoms with E-state index in [-0.39, 0.29) is 6.54 Å². The van der Waals surface area contributed by atoms with Gasteiger partial charge in [0.1, 0.15) is 0 Å². The van der Waals surface area contributed by atoms with Crippen LogP contribution in [0.1, 0.15) is 5.89 Å². The maximum Gasteiger partial charge on any atom is 0.240 e. The summed E-state index contributed by atoms with van der Waals surface area (Å²) in [6.45, 7) is 0.244. The SMILES string of the molecule is NCc1nc(-c2cccc(-n3ccnc3)c2)no1. The lowest BCUT2D eigenvalue weighted by molar-refractivity contribution is 0.380. The van der Waals surface area contributed by atoms with Gasteiger partial charge < -0.3 is 14.8 Å². The van der Waals surface area contributed by atoms with Gasteiger partial charge in [0.2, 0.25) is 11.7 Å². The summed E-state index contributed by atoms with van der Waals surface area (Å²) >= 11 is 0. The molecule has 0 saturated carbocycles. The van der Waals surface area contributed by atoms with Crippen molar-refractivity contribution in [3.8, 4) is 17.1 Å². The molecular formula is C12H11N5O. The van der Waals surface area contributed by atoms with Crippen LogP contribution >= 0.6 is 0 Å². The minimum atomic E-state index is 0.244. The largest absolute Gasteiger partial charge is 0.338 e. The van der Waals surface area contributed by atoms with Crippen molar-refractivity contribution in [3.63, 3.8) is 0 Å². The molecule has 1 aromatic carbocycles. The third-order valence-electron chi connectivity index (χ3n) is 2.55. The minimum absolute atomic E-state index is 0.244. The van der Waals surface area contributed by atoms with Crippen molar-refractivity contribution in [3.05, 3.63) is 48.9 Å². The smallest absolute Gasteiger partial charge is 0.240 e. The first-order valence-corrected chi connectivity index (χ1v) is 5.48. The van der Waals surface area contributed by atoms with E-state index < -0.39 is 0 Å². The number of hydrogen-bond donors (Lipinski definition) is 1. The van der Waals surface area contributed by atoms with E-state index in [1.807, 2.05) is 35.0 Å². The zero-order valence-corrected chi connectivity index (χ0v) is 9.52. The Morgan fingerprint density at radius 3 is 3.00 bits per heavy atom. The van der Waals surface area contributed by atoms with Crippen molar-refractivity contribution in [2.75, 3.05) is 0 Å². The van der Waals surface area contributed by atoms with Gasteiger partial charge in [-0.15, -0.1) is 0 Å². The lowest BCUT2D eigenvalue weighted by atomic mass is 10.2. The van der Waals surface area contributed by atoms with Gasteiger partial charge in [-0.2, -0.15) is 4.98 Å². The summed E-state index contributed by atoms with van der Waals surface area (Å²) in [4.78, 5) is 8.21. The first kappa shape index (κ1) is 10.7. The van der Waals surface area contributed by atoms with Crippen molar-refractivity contribution in [2.24, 2.45) is 5.73 Å². The van der Waals surface area contributed by atoms with Crippen molar-refractivity contribution in [2.45, 2.75) is 6.54 Å². The molecule has 0 aliphatic heterocycles. The molecule has 3 aromatic rings. The van der Waals surface area contributed by atoms with Crippen molar-refractivity contribution >= 4 is 0 Å². The lowest BCUT2D eigenvalue weighted by Crippen LogP contribution is -1.95. The lowest BCUT2D eigenvalue weighted by Gasteiger charge is -2.02. The third-order valence-corrected chi connectivity index (χ3v) is 2.55. The monoisotopic (exact) mass is 241 g/mol.